The van der Waals surface area contributed by atoms with Gasteiger partial charge in [-0.15, -0.1) is 0 Å². The summed E-state index contributed by atoms with van der Waals surface area (Å²) in [5, 5.41) is 3.28. The van der Waals surface area contributed by atoms with Gasteiger partial charge in [-0.3, -0.25) is 4.79 Å². The maximum absolute atomic E-state index is 12.2. The Labute approximate surface area is 121 Å². The number of carbonyl (C=O) groups excluding carboxylic acids is 1. The third kappa shape index (κ3) is 4.23. The number of rotatable bonds is 5. The first-order chi connectivity index (χ1) is 9.66. The molecule has 110 valence electrons. The number of benzene rings is 1. The third-order valence-corrected chi connectivity index (χ3v) is 3.71. The number of likely N-dealkylation sites (N-methyl/N-ethyl adjacent to an activating group) is 1. The van der Waals surface area contributed by atoms with Crippen LogP contribution in [0.2, 0.25) is 0 Å². The van der Waals surface area contributed by atoms with Crippen molar-refractivity contribution in [3.63, 3.8) is 0 Å². The minimum absolute atomic E-state index is 0.132. The molecule has 1 atom stereocenters. The highest BCUT2D eigenvalue weighted by atomic mass is 16.5. The van der Waals surface area contributed by atoms with Crippen LogP contribution in [-0.4, -0.2) is 44.1 Å². The van der Waals surface area contributed by atoms with Gasteiger partial charge in [0.15, 0.2) is 0 Å². The molecule has 1 N–H and O–H groups in total. The van der Waals surface area contributed by atoms with E-state index in [1.165, 1.54) is 5.56 Å². The first-order valence-electron chi connectivity index (χ1n) is 7.32. The van der Waals surface area contributed by atoms with E-state index in [0.29, 0.717) is 13.2 Å². The minimum Gasteiger partial charge on any atom is -0.492 e. The van der Waals surface area contributed by atoms with Crippen LogP contribution < -0.4 is 10.1 Å². The summed E-state index contributed by atoms with van der Waals surface area (Å²) < 4.78 is 5.69. The highest BCUT2D eigenvalue weighted by Crippen LogP contribution is 2.14. The number of hydrogen-bond acceptors (Lipinski definition) is 3. The number of ether oxygens (including phenoxy) is 1. The van der Waals surface area contributed by atoms with E-state index in [-0.39, 0.29) is 11.8 Å². The molecular weight excluding hydrogens is 252 g/mol. The molecular formula is C16H24N2O2. The number of nitrogens with zero attached hydrogens (tertiary/aromatic N) is 1. The van der Waals surface area contributed by atoms with Crippen molar-refractivity contribution in [2.24, 2.45) is 5.92 Å². The van der Waals surface area contributed by atoms with Gasteiger partial charge in [-0.05, 0) is 44.0 Å². The Kier molecular flexibility index (Phi) is 5.41. The molecule has 1 fully saturated rings. The highest BCUT2D eigenvalue weighted by Gasteiger charge is 2.23. The average molecular weight is 276 g/mol. The quantitative estimate of drug-likeness (QED) is 0.892. The van der Waals surface area contributed by atoms with Gasteiger partial charge in [0.1, 0.15) is 12.4 Å². The van der Waals surface area contributed by atoms with Crippen LogP contribution in [0.25, 0.3) is 0 Å². The molecule has 1 heterocycles. The number of amides is 1. The maximum Gasteiger partial charge on any atom is 0.226 e. The summed E-state index contributed by atoms with van der Waals surface area (Å²) in [5.41, 5.74) is 1.18. The van der Waals surface area contributed by atoms with Crippen LogP contribution in [0.5, 0.6) is 5.75 Å². The SMILES string of the molecule is Cc1cccc(OCCN(C)C(=O)[C@@H]2CCCNC2)c1. The fraction of sp³-hybridized carbons (Fsp3) is 0.562. The van der Waals surface area contributed by atoms with Gasteiger partial charge < -0.3 is 15.0 Å². The topological polar surface area (TPSA) is 41.6 Å². The maximum atomic E-state index is 12.2. The molecule has 1 aromatic carbocycles. The predicted octanol–water partition coefficient (Wildman–Crippen LogP) is 1.83. The predicted molar refractivity (Wildman–Crippen MR) is 79.9 cm³/mol. The fourth-order valence-corrected chi connectivity index (χ4v) is 2.49. The van der Waals surface area contributed by atoms with Gasteiger partial charge in [-0.25, -0.2) is 0 Å². The molecule has 0 spiro atoms. The van der Waals surface area contributed by atoms with E-state index >= 15 is 0 Å². The Bertz CT molecular complexity index is 442. The summed E-state index contributed by atoms with van der Waals surface area (Å²) in [6.45, 7) is 5.04. The first-order valence-corrected chi connectivity index (χ1v) is 7.32. The minimum atomic E-state index is 0.132. The van der Waals surface area contributed by atoms with Crippen molar-refractivity contribution in [2.45, 2.75) is 19.8 Å². The summed E-state index contributed by atoms with van der Waals surface area (Å²) in [6, 6.07) is 7.97. The fourth-order valence-electron chi connectivity index (χ4n) is 2.49. The summed E-state index contributed by atoms with van der Waals surface area (Å²) in [6.07, 6.45) is 2.08. The lowest BCUT2D eigenvalue weighted by molar-refractivity contribution is -0.135. The summed E-state index contributed by atoms with van der Waals surface area (Å²) >= 11 is 0. The van der Waals surface area contributed by atoms with Gasteiger partial charge in [0.2, 0.25) is 5.91 Å². The molecule has 1 saturated heterocycles. The number of nitrogens with one attached hydrogen (secondary N) is 1. The molecule has 4 nitrogen and oxygen atoms in total. The smallest absolute Gasteiger partial charge is 0.226 e. The Morgan fingerprint density at radius 3 is 3.05 bits per heavy atom. The van der Waals surface area contributed by atoms with E-state index < -0.39 is 0 Å². The molecule has 0 radical (unpaired) electrons. The lowest BCUT2D eigenvalue weighted by Gasteiger charge is -2.27. The Hall–Kier alpha value is -1.55. The van der Waals surface area contributed by atoms with Crippen molar-refractivity contribution >= 4 is 5.91 Å². The second kappa shape index (κ2) is 7.29. The molecule has 1 aliphatic rings. The largest absolute Gasteiger partial charge is 0.492 e. The summed E-state index contributed by atoms with van der Waals surface area (Å²) in [7, 11) is 1.86. The monoisotopic (exact) mass is 276 g/mol. The standard InChI is InChI=1S/C16H24N2O2/c1-13-5-3-7-15(11-13)20-10-9-18(2)16(19)14-6-4-8-17-12-14/h3,5,7,11,14,17H,4,6,8-10,12H2,1-2H3/t14-/m1/s1. The van der Waals surface area contributed by atoms with Gasteiger partial charge in [0, 0.05) is 13.6 Å². The highest BCUT2D eigenvalue weighted by molar-refractivity contribution is 5.78. The van der Waals surface area contributed by atoms with Crippen LogP contribution >= 0.6 is 0 Å². The van der Waals surface area contributed by atoms with Crippen molar-refractivity contribution in [3.8, 4) is 5.75 Å². The Morgan fingerprint density at radius 1 is 1.50 bits per heavy atom. The second-order valence-electron chi connectivity index (χ2n) is 5.47. The van der Waals surface area contributed by atoms with Gasteiger partial charge >= 0.3 is 0 Å². The molecule has 0 aromatic heterocycles. The number of carbonyl (C=O) groups is 1. The van der Waals surface area contributed by atoms with Crippen molar-refractivity contribution in [1.29, 1.82) is 0 Å². The van der Waals surface area contributed by atoms with Gasteiger partial charge in [0.25, 0.3) is 0 Å². The van der Waals surface area contributed by atoms with Crippen molar-refractivity contribution < 1.29 is 9.53 Å². The summed E-state index contributed by atoms with van der Waals surface area (Å²) in [4.78, 5) is 14.0. The van der Waals surface area contributed by atoms with E-state index in [0.717, 1.165) is 31.7 Å². The number of aryl methyl sites for hydroxylation is 1. The zero-order valence-corrected chi connectivity index (χ0v) is 12.4. The lowest BCUT2D eigenvalue weighted by atomic mass is 9.98. The Morgan fingerprint density at radius 2 is 2.35 bits per heavy atom. The first kappa shape index (κ1) is 14.9. The number of hydrogen-bond donors (Lipinski definition) is 1. The van der Waals surface area contributed by atoms with Crippen LogP contribution in [0.3, 0.4) is 0 Å². The molecule has 1 aromatic rings. The van der Waals surface area contributed by atoms with E-state index in [9.17, 15) is 4.79 Å². The third-order valence-electron chi connectivity index (χ3n) is 3.71. The van der Waals surface area contributed by atoms with Gasteiger partial charge in [-0.1, -0.05) is 12.1 Å². The van der Waals surface area contributed by atoms with Crippen molar-refractivity contribution in [1.82, 2.24) is 10.2 Å². The molecule has 1 aliphatic heterocycles. The van der Waals surface area contributed by atoms with Crippen LogP contribution in [0.4, 0.5) is 0 Å². The van der Waals surface area contributed by atoms with E-state index in [1.807, 2.05) is 38.2 Å². The Balaban J connectivity index is 1.74. The van der Waals surface area contributed by atoms with E-state index in [2.05, 4.69) is 5.32 Å². The molecule has 0 aliphatic carbocycles. The van der Waals surface area contributed by atoms with E-state index in [1.54, 1.807) is 4.90 Å². The van der Waals surface area contributed by atoms with Crippen molar-refractivity contribution in [2.75, 3.05) is 33.3 Å². The number of piperidine rings is 1. The summed E-state index contributed by atoms with van der Waals surface area (Å²) in [5.74, 6) is 1.22. The van der Waals surface area contributed by atoms with Crippen LogP contribution in [0.15, 0.2) is 24.3 Å². The van der Waals surface area contributed by atoms with Crippen molar-refractivity contribution in [3.05, 3.63) is 29.8 Å². The van der Waals surface area contributed by atoms with Gasteiger partial charge in [-0.2, -0.15) is 0 Å². The second-order valence-corrected chi connectivity index (χ2v) is 5.47. The zero-order valence-electron chi connectivity index (χ0n) is 12.4. The van der Waals surface area contributed by atoms with Gasteiger partial charge in [0.05, 0.1) is 12.5 Å². The lowest BCUT2D eigenvalue weighted by Crippen LogP contribution is -2.42. The van der Waals surface area contributed by atoms with Crippen LogP contribution in [-0.2, 0) is 4.79 Å². The average Bonchev–Trinajstić information content (AvgIpc) is 2.47. The molecule has 0 bridgehead atoms. The molecule has 0 saturated carbocycles. The van der Waals surface area contributed by atoms with Crippen LogP contribution in [0.1, 0.15) is 18.4 Å². The molecule has 4 heteroatoms. The molecule has 2 rings (SSSR count). The zero-order chi connectivity index (χ0) is 14.4. The normalized spacial score (nSPS) is 18.6. The molecule has 1 amide bonds. The van der Waals surface area contributed by atoms with Crippen LogP contribution in [0, 0.1) is 12.8 Å². The molecule has 20 heavy (non-hydrogen) atoms. The molecule has 0 unspecified atom stereocenters. The van der Waals surface area contributed by atoms with E-state index in [4.69, 9.17) is 4.74 Å².